The molecule has 0 radical (unpaired) electrons. The number of rotatable bonds is 3. The van der Waals surface area contributed by atoms with Gasteiger partial charge < -0.3 is 4.74 Å². The first kappa shape index (κ1) is 13.2. The van der Waals surface area contributed by atoms with Crippen LogP contribution in [0.5, 0.6) is 0 Å². The molecule has 1 aromatic carbocycles. The van der Waals surface area contributed by atoms with Crippen molar-refractivity contribution in [2.75, 3.05) is 6.61 Å². The van der Waals surface area contributed by atoms with E-state index in [-0.39, 0.29) is 30.6 Å². The first-order valence-corrected chi connectivity index (χ1v) is 5.92. The molecule has 0 aliphatic heterocycles. The Morgan fingerprint density at radius 1 is 1.39 bits per heavy atom. The largest absolute Gasteiger partial charge is 0.465 e. The zero-order valence-corrected chi connectivity index (χ0v) is 10.5. The van der Waals surface area contributed by atoms with Gasteiger partial charge in [0.15, 0.2) is 0 Å². The summed E-state index contributed by atoms with van der Waals surface area (Å²) in [5.41, 5.74) is -0.935. The minimum Gasteiger partial charge on any atom is -0.465 e. The molecule has 18 heavy (non-hydrogen) atoms. The van der Waals surface area contributed by atoms with E-state index in [1.165, 1.54) is 0 Å². The van der Waals surface area contributed by atoms with E-state index >= 15 is 0 Å². The number of fused-ring (bicyclic) bond motifs is 1. The Hall–Kier alpha value is -1.20. The van der Waals surface area contributed by atoms with Crippen molar-refractivity contribution < 1.29 is 18.3 Å². The van der Waals surface area contributed by atoms with E-state index in [0.29, 0.717) is 0 Å². The molecule has 0 amide bonds. The van der Waals surface area contributed by atoms with Gasteiger partial charge in [-0.1, -0.05) is 0 Å². The minimum atomic E-state index is -1.29. The maximum atomic E-state index is 13.6. The second kappa shape index (κ2) is 4.82. The van der Waals surface area contributed by atoms with Gasteiger partial charge >= 0.3 is 5.97 Å². The molecule has 1 aromatic rings. The van der Waals surface area contributed by atoms with E-state index in [4.69, 9.17) is 16.5 Å². The second-order valence-electron chi connectivity index (χ2n) is 4.24. The highest BCUT2D eigenvalue weighted by atomic mass is 35.5. The Balaban J connectivity index is 2.39. The third-order valence-corrected chi connectivity index (χ3v) is 3.48. The molecule has 1 aliphatic rings. The normalized spacial score (nSPS) is 16.4. The van der Waals surface area contributed by atoms with Gasteiger partial charge in [-0.15, -0.1) is 0 Å². The lowest BCUT2D eigenvalue weighted by molar-refractivity contribution is -0.150. The molecule has 1 aliphatic carbocycles. The smallest absolute Gasteiger partial charge is 0.328 e. The predicted octanol–water partition coefficient (Wildman–Crippen LogP) is 2.11. The van der Waals surface area contributed by atoms with E-state index in [9.17, 15) is 13.6 Å². The van der Waals surface area contributed by atoms with E-state index in [0.717, 1.165) is 12.1 Å². The molecular weight excluding hydrogens is 264 g/mol. The number of hydrogen-bond donors (Lipinski definition) is 1. The van der Waals surface area contributed by atoms with Gasteiger partial charge in [0.05, 0.1) is 6.61 Å². The van der Waals surface area contributed by atoms with Crippen LogP contribution in [0.1, 0.15) is 18.1 Å². The monoisotopic (exact) mass is 275 g/mol. The van der Waals surface area contributed by atoms with Crippen LogP contribution in [0.2, 0.25) is 0 Å². The number of benzene rings is 1. The van der Waals surface area contributed by atoms with Crippen LogP contribution in [0.25, 0.3) is 0 Å². The van der Waals surface area contributed by atoms with Crippen molar-refractivity contribution in [3.05, 3.63) is 34.9 Å². The lowest BCUT2D eigenvalue weighted by atomic mass is 9.97. The van der Waals surface area contributed by atoms with Crippen LogP contribution < -0.4 is 4.84 Å². The molecule has 0 saturated carbocycles. The number of carbonyl (C=O) groups is 1. The highest BCUT2D eigenvalue weighted by Gasteiger charge is 2.47. The molecule has 0 saturated heterocycles. The summed E-state index contributed by atoms with van der Waals surface area (Å²) in [6.45, 7) is 1.84. The zero-order valence-electron chi connectivity index (χ0n) is 9.73. The summed E-state index contributed by atoms with van der Waals surface area (Å²) in [5, 5.41) is 0. The van der Waals surface area contributed by atoms with Crippen molar-refractivity contribution in [1.29, 1.82) is 0 Å². The molecule has 0 fully saturated rings. The molecule has 3 nitrogen and oxygen atoms in total. The van der Waals surface area contributed by atoms with Gasteiger partial charge in [0.25, 0.3) is 0 Å². The Morgan fingerprint density at radius 2 is 1.89 bits per heavy atom. The molecule has 98 valence electrons. The average molecular weight is 276 g/mol. The van der Waals surface area contributed by atoms with Crippen LogP contribution in [-0.4, -0.2) is 18.1 Å². The van der Waals surface area contributed by atoms with Crippen LogP contribution in [0.3, 0.4) is 0 Å². The molecular formula is C12H12ClF2NO2. The highest BCUT2D eigenvalue weighted by molar-refractivity contribution is 6.15. The first-order valence-electron chi connectivity index (χ1n) is 5.55. The van der Waals surface area contributed by atoms with Crippen molar-refractivity contribution >= 4 is 17.7 Å². The lowest BCUT2D eigenvalue weighted by Gasteiger charge is -2.24. The fraction of sp³-hybridized carbons (Fsp3) is 0.417. The SMILES string of the molecule is CCOC(=O)C1(NCl)Cc2c(F)ccc(F)c2C1. The Kier molecular flexibility index (Phi) is 3.54. The van der Waals surface area contributed by atoms with Crippen molar-refractivity contribution in [2.24, 2.45) is 0 Å². The van der Waals surface area contributed by atoms with Crippen molar-refractivity contribution in [2.45, 2.75) is 25.3 Å². The fourth-order valence-corrected chi connectivity index (χ4v) is 2.41. The Bertz CT molecular complexity index is 462. The summed E-state index contributed by atoms with van der Waals surface area (Å²) in [5.74, 6) is -1.68. The van der Waals surface area contributed by atoms with Crippen molar-refractivity contribution in [3.8, 4) is 0 Å². The summed E-state index contributed by atoms with van der Waals surface area (Å²) in [6, 6.07) is 2.09. The molecule has 0 atom stereocenters. The highest BCUT2D eigenvalue weighted by Crippen LogP contribution is 2.34. The van der Waals surface area contributed by atoms with Gasteiger partial charge in [-0.25, -0.2) is 18.4 Å². The molecule has 6 heteroatoms. The zero-order chi connectivity index (χ0) is 13.3. The van der Waals surface area contributed by atoms with E-state index in [1.807, 2.05) is 0 Å². The number of halogens is 3. The van der Waals surface area contributed by atoms with E-state index in [1.54, 1.807) is 6.92 Å². The van der Waals surface area contributed by atoms with E-state index < -0.39 is 23.1 Å². The van der Waals surface area contributed by atoms with Gasteiger partial charge in [0.2, 0.25) is 0 Å². The molecule has 0 heterocycles. The molecule has 1 N–H and O–H groups in total. The van der Waals surface area contributed by atoms with E-state index in [2.05, 4.69) is 4.84 Å². The summed E-state index contributed by atoms with van der Waals surface area (Å²) in [7, 11) is 0. The maximum Gasteiger partial charge on any atom is 0.328 e. The second-order valence-corrected chi connectivity index (χ2v) is 4.43. The number of carbonyl (C=O) groups excluding carboxylic acids is 1. The maximum absolute atomic E-state index is 13.6. The van der Waals surface area contributed by atoms with Crippen molar-refractivity contribution in [1.82, 2.24) is 4.84 Å². The van der Waals surface area contributed by atoms with Crippen LogP contribution in [0.15, 0.2) is 12.1 Å². The van der Waals surface area contributed by atoms with Gasteiger partial charge in [0, 0.05) is 12.8 Å². The fourth-order valence-electron chi connectivity index (χ4n) is 2.20. The van der Waals surface area contributed by atoms with Gasteiger partial charge in [-0.05, 0) is 42.0 Å². The number of esters is 1. The molecule has 0 spiro atoms. The summed E-state index contributed by atoms with van der Waals surface area (Å²) in [6.07, 6.45) is -0.0392. The van der Waals surface area contributed by atoms with Gasteiger partial charge in [-0.2, -0.15) is 0 Å². The molecule has 0 unspecified atom stereocenters. The molecule has 0 aromatic heterocycles. The van der Waals surface area contributed by atoms with Crippen LogP contribution >= 0.6 is 11.8 Å². The summed E-state index contributed by atoms with van der Waals surface area (Å²) in [4.78, 5) is 14.2. The number of ether oxygens (including phenoxy) is 1. The summed E-state index contributed by atoms with van der Waals surface area (Å²) >= 11 is 5.59. The number of nitrogens with one attached hydrogen (secondary N) is 1. The third-order valence-electron chi connectivity index (χ3n) is 3.12. The first-order chi connectivity index (χ1) is 8.54. The molecule has 0 bridgehead atoms. The average Bonchev–Trinajstić information content (AvgIpc) is 2.77. The lowest BCUT2D eigenvalue weighted by Crippen LogP contribution is -2.50. The molecule has 2 rings (SSSR count). The number of hydrogen-bond acceptors (Lipinski definition) is 3. The third kappa shape index (κ3) is 1.97. The minimum absolute atomic E-state index is 0.0196. The van der Waals surface area contributed by atoms with Gasteiger partial charge in [-0.3, -0.25) is 0 Å². The topological polar surface area (TPSA) is 38.3 Å². The summed E-state index contributed by atoms with van der Waals surface area (Å²) < 4.78 is 32.1. The van der Waals surface area contributed by atoms with Crippen molar-refractivity contribution in [3.63, 3.8) is 0 Å². The van der Waals surface area contributed by atoms with Crippen LogP contribution in [0, 0.1) is 11.6 Å². The Morgan fingerprint density at radius 3 is 2.28 bits per heavy atom. The van der Waals surface area contributed by atoms with Crippen LogP contribution in [-0.2, 0) is 22.4 Å². The predicted molar refractivity (Wildman–Crippen MR) is 62.1 cm³/mol. The van der Waals surface area contributed by atoms with Gasteiger partial charge in [0.1, 0.15) is 17.2 Å². The quantitative estimate of drug-likeness (QED) is 0.678. The van der Waals surface area contributed by atoms with Crippen LogP contribution in [0.4, 0.5) is 8.78 Å². The standard InChI is InChI=1S/C12H12ClF2NO2/c1-2-18-11(17)12(16-13)5-7-8(6-12)10(15)4-3-9(7)14/h3-4,16H,2,5-6H2,1H3. The Labute approximate surface area is 108 Å².